The van der Waals surface area contributed by atoms with Crippen molar-refractivity contribution in [3.8, 4) is 0 Å². The molecule has 0 atom stereocenters. The van der Waals surface area contributed by atoms with Gasteiger partial charge in [0.05, 0.1) is 11.0 Å². The van der Waals surface area contributed by atoms with Gasteiger partial charge in [-0.3, -0.25) is 0 Å². The molecule has 3 nitrogen and oxygen atoms in total. The van der Waals surface area contributed by atoms with Crippen LogP contribution in [0.4, 0.5) is 5.95 Å². The van der Waals surface area contributed by atoms with E-state index in [9.17, 15) is 0 Å². The molecule has 0 aliphatic heterocycles. The summed E-state index contributed by atoms with van der Waals surface area (Å²) in [6, 6.07) is 2.12. The molecule has 15 heavy (non-hydrogen) atoms. The third kappa shape index (κ3) is 2.76. The molecule has 2 heterocycles. The fraction of sp³-hybridized carbons (Fsp3) is 0.200. The van der Waals surface area contributed by atoms with Gasteiger partial charge in [0.15, 0.2) is 0 Å². The number of nitrogens with one attached hydrogen (secondary N) is 1. The normalized spacial score (nSPS) is 10.3. The number of aromatic nitrogens is 2. The van der Waals surface area contributed by atoms with E-state index < -0.39 is 0 Å². The highest BCUT2D eigenvalue weighted by molar-refractivity contribution is 9.10. The smallest absolute Gasteiger partial charge is 0.222 e. The van der Waals surface area contributed by atoms with Crippen LogP contribution in [0.2, 0.25) is 0 Å². The summed E-state index contributed by atoms with van der Waals surface area (Å²) in [5, 5.41) is 5.27. The van der Waals surface area contributed by atoms with E-state index in [0.717, 1.165) is 11.0 Å². The van der Waals surface area contributed by atoms with Gasteiger partial charge >= 0.3 is 0 Å². The Hall–Kier alpha value is -0.940. The Bertz CT molecular complexity index is 438. The number of hydrogen-bond donors (Lipinski definition) is 1. The monoisotopic (exact) mass is 283 g/mol. The quantitative estimate of drug-likeness (QED) is 0.940. The van der Waals surface area contributed by atoms with E-state index in [2.05, 4.69) is 49.6 Å². The second kappa shape index (κ2) is 4.72. The molecule has 0 bridgehead atoms. The summed E-state index contributed by atoms with van der Waals surface area (Å²) in [5.41, 5.74) is 1.31. The first-order chi connectivity index (χ1) is 7.25. The summed E-state index contributed by atoms with van der Waals surface area (Å²) in [5.74, 6) is 0.658. The van der Waals surface area contributed by atoms with Gasteiger partial charge in [-0.25, -0.2) is 9.97 Å². The molecule has 0 unspecified atom stereocenters. The third-order valence-electron chi connectivity index (χ3n) is 2.00. The van der Waals surface area contributed by atoms with Crippen molar-refractivity contribution in [1.29, 1.82) is 0 Å². The van der Waals surface area contributed by atoms with E-state index in [1.807, 2.05) is 0 Å². The first-order valence-corrected chi connectivity index (χ1v) is 6.17. The fourth-order valence-corrected chi connectivity index (χ4v) is 2.20. The molecule has 2 aromatic rings. The molecule has 5 heteroatoms. The van der Waals surface area contributed by atoms with Crippen LogP contribution < -0.4 is 5.32 Å². The van der Waals surface area contributed by atoms with Crippen LogP contribution in [0.3, 0.4) is 0 Å². The van der Waals surface area contributed by atoms with Gasteiger partial charge in [-0.2, -0.15) is 0 Å². The SMILES string of the molecule is Cc1ccsc1CNc1ncc(Br)cn1. The molecular formula is C10H10BrN3S. The van der Waals surface area contributed by atoms with E-state index in [1.54, 1.807) is 23.7 Å². The Morgan fingerprint density at radius 1 is 1.40 bits per heavy atom. The maximum atomic E-state index is 4.14. The minimum Gasteiger partial charge on any atom is -0.349 e. The Balaban J connectivity index is 1.99. The maximum Gasteiger partial charge on any atom is 0.222 e. The fourth-order valence-electron chi connectivity index (χ4n) is 1.15. The van der Waals surface area contributed by atoms with Gasteiger partial charge in [0.2, 0.25) is 5.95 Å². The number of nitrogens with zero attached hydrogens (tertiary/aromatic N) is 2. The van der Waals surface area contributed by atoms with Gasteiger partial charge in [-0.05, 0) is 39.9 Å². The van der Waals surface area contributed by atoms with Gasteiger partial charge in [0.25, 0.3) is 0 Å². The number of hydrogen-bond acceptors (Lipinski definition) is 4. The van der Waals surface area contributed by atoms with Crippen LogP contribution in [-0.4, -0.2) is 9.97 Å². The molecule has 2 aromatic heterocycles. The van der Waals surface area contributed by atoms with Crippen LogP contribution >= 0.6 is 27.3 Å². The zero-order valence-corrected chi connectivity index (χ0v) is 10.6. The zero-order chi connectivity index (χ0) is 10.7. The first kappa shape index (κ1) is 10.6. The van der Waals surface area contributed by atoms with Gasteiger partial charge in [-0.1, -0.05) is 0 Å². The average molecular weight is 284 g/mol. The molecule has 0 radical (unpaired) electrons. The highest BCUT2D eigenvalue weighted by atomic mass is 79.9. The van der Waals surface area contributed by atoms with Crippen LogP contribution in [0.1, 0.15) is 10.4 Å². The standard InChI is InChI=1S/C10H10BrN3S/c1-7-2-3-15-9(7)6-14-10-12-4-8(11)5-13-10/h2-5H,6H2,1H3,(H,12,13,14). The van der Waals surface area contributed by atoms with Crippen molar-refractivity contribution in [2.24, 2.45) is 0 Å². The van der Waals surface area contributed by atoms with E-state index in [0.29, 0.717) is 5.95 Å². The number of anilines is 1. The van der Waals surface area contributed by atoms with Crippen LogP contribution in [0.5, 0.6) is 0 Å². The molecule has 78 valence electrons. The predicted octanol–water partition coefficient (Wildman–Crippen LogP) is 3.22. The summed E-state index contributed by atoms with van der Waals surface area (Å²) in [4.78, 5) is 9.61. The molecule has 0 aromatic carbocycles. The van der Waals surface area contributed by atoms with Crippen LogP contribution in [0, 0.1) is 6.92 Å². The van der Waals surface area contributed by atoms with Crippen molar-refractivity contribution in [3.05, 3.63) is 38.8 Å². The summed E-state index contributed by atoms with van der Waals surface area (Å²) in [7, 11) is 0. The molecule has 0 spiro atoms. The lowest BCUT2D eigenvalue weighted by Gasteiger charge is -2.03. The van der Waals surface area contributed by atoms with E-state index in [-0.39, 0.29) is 0 Å². The van der Waals surface area contributed by atoms with Crippen LogP contribution in [0.25, 0.3) is 0 Å². The third-order valence-corrected chi connectivity index (χ3v) is 3.43. The highest BCUT2D eigenvalue weighted by Gasteiger charge is 2.00. The van der Waals surface area contributed by atoms with E-state index in [4.69, 9.17) is 0 Å². The van der Waals surface area contributed by atoms with Crippen LogP contribution in [-0.2, 0) is 6.54 Å². The number of halogens is 1. The van der Waals surface area contributed by atoms with Crippen molar-refractivity contribution in [2.45, 2.75) is 13.5 Å². The van der Waals surface area contributed by atoms with Crippen molar-refractivity contribution < 1.29 is 0 Å². The van der Waals surface area contributed by atoms with Gasteiger partial charge < -0.3 is 5.32 Å². The largest absolute Gasteiger partial charge is 0.349 e. The molecule has 0 aliphatic rings. The second-order valence-corrected chi connectivity index (χ2v) is 5.02. The molecule has 2 rings (SSSR count). The minimum absolute atomic E-state index is 0.658. The molecule has 1 N–H and O–H groups in total. The summed E-state index contributed by atoms with van der Waals surface area (Å²) < 4.78 is 0.889. The zero-order valence-electron chi connectivity index (χ0n) is 8.20. The molecule has 0 saturated heterocycles. The molecular weight excluding hydrogens is 274 g/mol. The summed E-state index contributed by atoms with van der Waals surface area (Å²) in [6.07, 6.45) is 3.47. The van der Waals surface area contributed by atoms with Gasteiger partial charge in [0.1, 0.15) is 0 Å². The highest BCUT2D eigenvalue weighted by Crippen LogP contribution is 2.16. The molecule has 0 fully saturated rings. The number of rotatable bonds is 3. The lowest BCUT2D eigenvalue weighted by atomic mass is 10.3. The van der Waals surface area contributed by atoms with Crippen molar-refractivity contribution in [2.75, 3.05) is 5.32 Å². The topological polar surface area (TPSA) is 37.8 Å². The lowest BCUT2D eigenvalue weighted by molar-refractivity contribution is 1.06. The van der Waals surface area contributed by atoms with Crippen molar-refractivity contribution in [3.63, 3.8) is 0 Å². The van der Waals surface area contributed by atoms with Crippen molar-refractivity contribution in [1.82, 2.24) is 9.97 Å². The van der Waals surface area contributed by atoms with E-state index in [1.165, 1.54) is 10.4 Å². The number of aryl methyl sites for hydroxylation is 1. The molecule has 0 amide bonds. The average Bonchev–Trinajstić information content (AvgIpc) is 2.63. The van der Waals surface area contributed by atoms with Gasteiger partial charge in [-0.15, -0.1) is 11.3 Å². The Kier molecular flexibility index (Phi) is 3.33. The Labute approximate surface area is 101 Å². The lowest BCUT2D eigenvalue weighted by Crippen LogP contribution is -2.02. The first-order valence-electron chi connectivity index (χ1n) is 4.50. The Morgan fingerprint density at radius 3 is 2.73 bits per heavy atom. The number of thiophene rings is 1. The second-order valence-electron chi connectivity index (χ2n) is 3.11. The van der Waals surface area contributed by atoms with E-state index >= 15 is 0 Å². The summed E-state index contributed by atoms with van der Waals surface area (Å²) >= 11 is 5.04. The Morgan fingerprint density at radius 2 is 2.13 bits per heavy atom. The minimum atomic E-state index is 0.658. The van der Waals surface area contributed by atoms with Gasteiger partial charge in [0, 0.05) is 17.3 Å². The van der Waals surface area contributed by atoms with Crippen molar-refractivity contribution >= 4 is 33.2 Å². The molecule has 0 aliphatic carbocycles. The molecule has 0 saturated carbocycles. The predicted molar refractivity (Wildman–Crippen MR) is 66.1 cm³/mol. The maximum absolute atomic E-state index is 4.14. The summed E-state index contributed by atoms with van der Waals surface area (Å²) in [6.45, 7) is 2.89. The van der Waals surface area contributed by atoms with Crippen LogP contribution in [0.15, 0.2) is 28.3 Å².